The molecule has 1 unspecified atom stereocenters. The second-order valence-electron chi connectivity index (χ2n) is 11.3. The Hall–Kier alpha value is -4.03. The summed E-state index contributed by atoms with van der Waals surface area (Å²) in [7, 11) is 3.41. The predicted octanol–water partition coefficient (Wildman–Crippen LogP) is 4.76. The summed E-state index contributed by atoms with van der Waals surface area (Å²) in [4.78, 5) is 43.3. The average molecular weight is 611 g/mol. The first-order valence-corrected chi connectivity index (χ1v) is 15.2. The summed E-state index contributed by atoms with van der Waals surface area (Å²) in [6.45, 7) is 6.93. The number of fused-ring (bicyclic) bond motifs is 2. The van der Waals surface area contributed by atoms with Crippen molar-refractivity contribution >= 4 is 29.3 Å². The van der Waals surface area contributed by atoms with Crippen LogP contribution in [0.25, 0.3) is 0 Å². The summed E-state index contributed by atoms with van der Waals surface area (Å²) < 4.78 is 31.5. The molecule has 12 nitrogen and oxygen atoms in total. The largest absolute Gasteiger partial charge is 0.493 e. The first-order valence-electron chi connectivity index (χ1n) is 15.2. The van der Waals surface area contributed by atoms with Crippen molar-refractivity contribution in [2.45, 2.75) is 70.4 Å². The van der Waals surface area contributed by atoms with E-state index >= 15 is 0 Å². The number of nitrogens with zero attached hydrogens (tertiary/aromatic N) is 3. The van der Waals surface area contributed by atoms with Gasteiger partial charge in [-0.05, 0) is 57.6 Å². The third kappa shape index (κ3) is 6.86. The molecule has 2 saturated heterocycles. The number of carbonyl (C=O) groups is 3. The van der Waals surface area contributed by atoms with Crippen LogP contribution in [0.15, 0.2) is 37.1 Å². The number of nitrogens with one attached hydrogen (secondary N) is 1. The van der Waals surface area contributed by atoms with Crippen molar-refractivity contribution in [2.75, 3.05) is 43.7 Å². The molecule has 1 N–H and O–H groups in total. The van der Waals surface area contributed by atoms with E-state index in [1.54, 1.807) is 17.0 Å². The molecule has 3 aliphatic rings. The van der Waals surface area contributed by atoms with Gasteiger partial charge in [0.15, 0.2) is 24.0 Å². The van der Waals surface area contributed by atoms with Crippen LogP contribution in [-0.2, 0) is 26.1 Å². The number of benzene rings is 1. The highest BCUT2D eigenvalue weighted by Crippen LogP contribution is 2.42. The topological polar surface area (TPSA) is 121 Å². The van der Waals surface area contributed by atoms with Crippen LogP contribution in [0.5, 0.6) is 11.5 Å². The number of methoxy groups -OCH3 is 1. The fourth-order valence-corrected chi connectivity index (χ4v) is 5.91. The van der Waals surface area contributed by atoms with Gasteiger partial charge in [0.05, 0.1) is 36.7 Å². The first-order chi connectivity index (χ1) is 21.3. The van der Waals surface area contributed by atoms with E-state index in [0.717, 1.165) is 30.6 Å². The van der Waals surface area contributed by atoms with Crippen molar-refractivity contribution < 1.29 is 38.1 Å². The summed E-state index contributed by atoms with van der Waals surface area (Å²) in [5.41, 5.74) is 2.36. The fraction of sp³-hybridized carbons (Fsp3) is 0.531. The number of amides is 3. The van der Waals surface area contributed by atoms with E-state index in [0.29, 0.717) is 49.6 Å². The summed E-state index contributed by atoms with van der Waals surface area (Å²) in [6.07, 6.45) is 6.02. The summed E-state index contributed by atoms with van der Waals surface area (Å²) in [6, 6.07) is 4.73. The normalized spacial score (nSPS) is 21.2. The molecular weight excluding hydrogens is 568 g/mol. The van der Waals surface area contributed by atoms with Gasteiger partial charge in [-0.2, -0.15) is 0 Å². The average Bonchev–Trinajstić information content (AvgIpc) is 3.61. The molecule has 0 saturated carbocycles. The zero-order chi connectivity index (χ0) is 31.2. The highest BCUT2D eigenvalue weighted by molar-refractivity contribution is 6.06. The van der Waals surface area contributed by atoms with E-state index in [9.17, 15) is 14.4 Å². The van der Waals surface area contributed by atoms with E-state index in [2.05, 4.69) is 11.9 Å². The van der Waals surface area contributed by atoms with E-state index < -0.39 is 18.6 Å². The number of hydrogen-bond acceptors (Lipinski definition) is 8. The van der Waals surface area contributed by atoms with Gasteiger partial charge in [-0.15, -0.1) is 0 Å². The maximum atomic E-state index is 13.9. The third-order valence-corrected chi connectivity index (χ3v) is 8.21. The molecule has 0 radical (unpaired) electrons. The lowest BCUT2D eigenvalue weighted by molar-refractivity contribution is -0.195. The molecule has 1 aromatic heterocycles. The fourth-order valence-electron chi connectivity index (χ4n) is 5.91. The standard InChI is InChI=1S/C32H42N4O8/c1-5-14-43-32(39)36-25-19-27(41-16-9-11-28(37)33-22-17-21(2)34(3)20-22)26(40-4)18-23(25)30(38)35-13-8-10-24(35)31(36)44-29-12-6-7-15-42-29/h5,17-20,24,29,31H,1,6-16H2,2-4H3,(H,33,37)/t24-,29?,31-/m0/s1. The Kier molecular flexibility index (Phi) is 10.1. The second kappa shape index (κ2) is 14.2. The minimum Gasteiger partial charge on any atom is -0.493 e. The molecule has 5 rings (SSSR count). The number of rotatable bonds is 11. The zero-order valence-electron chi connectivity index (χ0n) is 25.7. The van der Waals surface area contributed by atoms with Gasteiger partial charge >= 0.3 is 6.09 Å². The van der Waals surface area contributed by atoms with Crippen LogP contribution >= 0.6 is 0 Å². The third-order valence-electron chi connectivity index (χ3n) is 8.21. The van der Waals surface area contributed by atoms with Crippen LogP contribution in [-0.4, -0.2) is 79.4 Å². The Labute approximate surface area is 257 Å². The number of ether oxygens (including phenoxy) is 5. The monoisotopic (exact) mass is 610 g/mol. The van der Waals surface area contributed by atoms with Crippen molar-refractivity contribution in [3.63, 3.8) is 0 Å². The maximum absolute atomic E-state index is 13.9. The number of aryl methyl sites for hydroxylation is 2. The van der Waals surface area contributed by atoms with Crippen LogP contribution in [0, 0.1) is 6.92 Å². The summed E-state index contributed by atoms with van der Waals surface area (Å²) in [5.74, 6) is 0.318. The van der Waals surface area contributed by atoms with E-state index in [1.807, 2.05) is 30.8 Å². The zero-order valence-corrected chi connectivity index (χ0v) is 25.7. The van der Waals surface area contributed by atoms with Crippen LogP contribution in [0.2, 0.25) is 0 Å². The van der Waals surface area contributed by atoms with Crippen molar-refractivity contribution in [1.29, 1.82) is 0 Å². The Morgan fingerprint density at radius 2 is 2.00 bits per heavy atom. The lowest BCUT2D eigenvalue weighted by Crippen LogP contribution is -2.54. The number of carbonyl (C=O) groups excluding carboxylic acids is 3. The molecule has 2 fully saturated rings. The summed E-state index contributed by atoms with van der Waals surface area (Å²) in [5, 5.41) is 2.90. The second-order valence-corrected chi connectivity index (χ2v) is 11.3. The lowest BCUT2D eigenvalue weighted by Gasteiger charge is -2.38. The molecule has 2 aromatic rings. The van der Waals surface area contributed by atoms with Gasteiger partial charge in [-0.3, -0.25) is 9.59 Å². The van der Waals surface area contributed by atoms with Gasteiger partial charge in [0.25, 0.3) is 5.91 Å². The molecule has 1 aromatic carbocycles. The van der Waals surface area contributed by atoms with Crippen molar-refractivity contribution in [3.8, 4) is 11.5 Å². The van der Waals surface area contributed by atoms with Gasteiger partial charge < -0.3 is 38.5 Å². The quantitative estimate of drug-likeness (QED) is 0.286. The van der Waals surface area contributed by atoms with Crippen LogP contribution in [0.3, 0.4) is 0 Å². The van der Waals surface area contributed by atoms with Gasteiger partial charge in [-0.1, -0.05) is 12.7 Å². The maximum Gasteiger partial charge on any atom is 0.416 e. The molecule has 12 heteroatoms. The van der Waals surface area contributed by atoms with Crippen molar-refractivity contribution in [3.05, 3.63) is 48.3 Å². The van der Waals surface area contributed by atoms with Crippen LogP contribution in [0.4, 0.5) is 16.2 Å². The number of hydrogen-bond donors (Lipinski definition) is 1. The Morgan fingerprint density at radius 3 is 2.70 bits per heavy atom. The molecular formula is C32H42N4O8. The molecule has 0 aliphatic carbocycles. The summed E-state index contributed by atoms with van der Waals surface area (Å²) >= 11 is 0. The Bertz CT molecular complexity index is 1350. The van der Waals surface area contributed by atoms with Crippen LogP contribution in [0.1, 0.15) is 61.0 Å². The molecule has 3 aliphatic heterocycles. The van der Waals surface area contributed by atoms with E-state index in [-0.39, 0.29) is 43.1 Å². The van der Waals surface area contributed by atoms with Gasteiger partial charge in [0, 0.05) is 44.6 Å². The SMILES string of the molecule is C=CCOC(=O)N1c2cc(OCCCC(=O)Nc3cc(C)n(C)c3)c(OC)cc2C(=O)N2CCC[C@H]2[C@@H]1OC1CCCCO1. The lowest BCUT2D eigenvalue weighted by atomic mass is 10.1. The highest BCUT2D eigenvalue weighted by Gasteiger charge is 2.47. The Balaban J connectivity index is 1.40. The highest BCUT2D eigenvalue weighted by atomic mass is 16.7. The van der Waals surface area contributed by atoms with Crippen molar-refractivity contribution in [2.24, 2.45) is 7.05 Å². The Morgan fingerprint density at radius 1 is 1.16 bits per heavy atom. The van der Waals surface area contributed by atoms with E-state index in [1.165, 1.54) is 18.1 Å². The molecule has 3 atom stereocenters. The van der Waals surface area contributed by atoms with E-state index in [4.69, 9.17) is 23.7 Å². The molecule has 3 amide bonds. The minimum atomic E-state index is -0.838. The van der Waals surface area contributed by atoms with Gasteiger partial charge in [0.2, 0.25) is 5.91 Å². The molecule has 0 spiro atoms. The van der Waals surface area contributed by atoms with Gasteiger partial charge in [-0.25, -0.2) is 9.69 Å². The molecule has 0 bridgehead atoms. The first kappa shape index (κ1) is 31.4. The van der Waals surface area contributed by atoms with Crippen molar-refractivity contribution in [1.82, 2.24) is 9.47 Å². The van der Waals surface area contributed by atoms with Crippen LogP contribution < -0.4 is 19.7 Å². The molecule has 4 heterocycles. The number of aromatic nitrogens is 1. The predicted molar refractivity (Wildman–Crippen MR) is 163 cm³/mol. The smallest absolute Gasteiger partial charge is 0.416 e. The molecule has 238 valence electrons. The molecule has 44 heavy (non-hydrogen) atoms. The number of anilines is 2. The minimum absolute atomic E-state index is 0.0102. The van der Waals surface area contributed by atoms with Gasteiger partial charge in [0.1, 0.15) is 6.61 Å².